The number of nitrogens with zero attached hydrogens (tertiary/aromatic N) is 5. The number of ether oxygens (including phenoxy) is 2. The lowest BCUT2D eigenvalue weighted by atomic mass is 10.1. The maximum absolute atomic E-state index is 10.5. The molecular formula is C19H23N7O5. The Labute approximate surface area is 177 Å². The van der Waals surface area contributed by atoms with Crippen LogP contribution in [0.2, 0.25) is 0 Å². The number of rotatable bonds is 7. The molecule has 4 atom stereocenters. The van der Waals surface area contributed by atoms with Gasteiger partial charge in [0.25, 0.3) is 0 Å². The van der Waals surface area contributed by atoms with E-state index in [2.05, 4.69) is 25.5 Å². The predicted octanol–water partition coefficient (Wildman–Crippen LogP) is -0.135. The minimum Gasteiger partial charge on any atom is -0.493 e. The first-order chi connectivity index (χ1) is 15.0. The molecule has 2 aromatic heterocycles. The first-order valence-electron chi connectivity index (χ1n) is 9.66. The van der Waals surface area contributed by atoms with Gasteiger partial charge >= 0.3 is 0 Å². The second-order valence-electron chi connectivity index (χ2n) is 6.81. The second-order valence-corrected chi connectivity index (χ2v) is 6.81. The van der Waals surface area contributed by atoms with E-state index in [9.17, 15) is 15.3 Å². The molecule has 0 saturated carbocycles. The van der Waals surface area contributed by atoms with E-state index in [1.807, 2.05) is 31.2 Å². The average Bonchev–Trinajstić information content (AvgIpc) is 3.27. The highest BCUT2D eigenvalue weighted by molar-refractivity contribution is 5.85. The molecule has 1 aromatic carbocycles. The van der Waals surface area contributed by atoms with E-state index in [-0.39, 0.29) is 22.9 Å². The number of anilines is 2. The van der Waals surface area contributed by atoms with Gasteiger partial charge in [-0.25, -0.2) is 20.4 Å². The quantitative estimate of drug-likeness (QED) is 0.251. The summed E-state index contributed by atoms with van der Waals surface area (Å²) < 4.78 is 12.6. The van der Waals surface area contributed by atoms with Gasteiger partial charge < -0.3 is 30.5 Å². The number of hydrogen-bond donors (Lipinski definition) is 5. The molecule has 1 saturated heterocycles. The van der Waals surface area contributed by atoms with Crippen molar-refractivity contribution in [2.45, 2.75) is 31.5 Å². The zero-order valence-corrected chi connectivity index (χ0v) is 16.7. The molecule has 6 N–H and O–H groups in total. The van der Waals surface area contributed by atoms with Gasteiger partial charge in [-0.1, -0.05) is 12.1 Å². The number of nitrogens with two attached hydrogens (primary N) is 1. The topological polar surface area (TPSA) is 173 Å². The van der Waals surface area contributed by atoms with E-state index in [1.165, 1.54) is 10.9 Å². The molecule has 31 heavy (non-hydrogen) atoms. The maximum atomic E-state index is 10.5. The summed E-state index contributed by atoms with van der Waals surface area (Å²) in [5, 5.41) is 34.3. The highest BCUT2D eigenvalue weighted by Crippen LogP contribution is 2.35. The van der Waals surface area contributed by atoms with Gasteiger partial charge in [-0.2, -0.15) is 5.10 Å². The van der Waals surface area contributed by atoms with Gasteiger partial charge in [0.2, 0.25) is 5.95 Å². The summed E-state index contributed by atoms with van der Waals surface area (Å²) in [4.78, 5) is 12.5. The standard InChI is InChI=1S/C19H23N7O5/c1-2-30-11-6-4-3-5-10(11)7-23-25-19-24-13-16(20)21-9-22-17(13)26(19)18-15(29)14(28)12(8-27)31-18/h3-7,9,12,14-15,18,27-29H,2,8H2,1H3,(H,24,25)(H2,20,21,22). The highest BCUT2D eigenvalue weighted by Gasteiger charge is 2.45. The Balaban J connectivity index is 1.70. The maximum Gasteiger partial charge on any atom is 0.228 e. The SMILES string of the molecule is CCOc1ccccc1C=NNc1nc2c(N)ncnc2n1C1OC(CO)C(O)C1O. The van der Waals surface area contributed by atoms with E-state index in [4.69, 9.17) is 15.2 Å². The molecule has 3 aromatic rings. The van der Waals surface area contributed by atoms with Crippen molar-refractivity contribution < 1.29 is 24.8 Å². The molecule has 0 bridgehead atoms. The van der Waals surface area contributed by atoms with Crippen molar-refractivity contribution in [2.24, 2.45) is 5.10 Å². The number of nitrogens with one attached hydrogen (secondary N) is 1. The number of aliphatic hydroxyl groups excluding tert-OH is 3. The van der Waals surface area contributed by atoms with Gasteiger partial charge in [0.15, 0.2) is 23.2 Å². The van der Waals surface area contributed by atoms with E-state index in [1.54, 1.807) is 6.21 Å². The molecular weight excluding hydrogens is 406 g/mol. The van der Waals surface area contributed by atoms with Crippen molar-refractivity contribution in [3.05, 3.63) is 36.2 Å². The molecule has 3 heterocycles. The molecule has 1 aliphatic heterocycles. The number of fused-ring (bicyclic) bond motifs is 1. The van der Waals surface area contributed by atoms with Crippen LogP contribution in [0.3, 0.4) is 0 Å². The van der Waals surface area contributed by atoms with Crippen molar-refractivity contribution in [1.82, 2.24) is 19.5 Å². The fourth-order valence-corrected chi connectivity index (χ4v) is 3.37. The summed E-state index contributed by atoms with van der Waals surface area (Å²) in [5.41, 5.74) is 10.0. The molecule has 0 spiro atoms. The number of nitrogen functional groups attached to an aromatic ring is 1. The van der Waals surface area contributed by atoms with E-state index >= 15 is 0 Å². The van der Waals surface area contributed by atoms with Gasteiger partial charge in [0, 0.05) is 5.56 Å². The molecule has 12 heteroatoms. The Morgan fingerprint density at radius 2 is 2.10 bits per heavy atom. The average molecular weight is 429 g/mol. The number of hydrogen-bond acceptors (Lipinski definition) is 11. The molecule has 164 valence electrons. The van der Waals surface area contributed by atoms with Gasteiger partial charge in [0.05, 0.1) is 19.4 Å². The van der Waals surface area contributed by atoms with Gasteiger partial charge in [-0.05, 0) is 19.1 Å². The van der Waals surface area contributed by atoms with Crippen LogP contribution in [0, 0.1) is 0 Å². The number of aliphatic hydroxyl groups is 3. The lowest BCUT2D eigenvalue weighted by Gasteiger charge is -2.18. The highest BCUT2D eigenvalue weighted by atomic mass is 16.6. The van der Waals surface area contributed by atoms with Crippen LogP contribution in [0.4, 0.5) is 11.8 Å². The van der Waals surface area contributed by atoms with E-state index in [0.29, 0.717) is 12.4 Å². The van der Waals surface area contributed by atoms with E-state index < -0.39 is 31.1 Å². The zero-order chi connectivity index (χ0) is 22.0. The van der Waals surface area contributed by atoms with Crippen molar-refractivity contribution in [3.63, 3.8) is 0 Å². The summed E-state index contributed by atoms with van der Waals surface area (Å²) in [7, 11) is 0. The van der Waals surface area contributed by atoms with Crippen LogP contribution in [-0.2, 0) is 4.74 Å². The summed E-state index contributed by atoms with van der Waals surface area (Å²) >= 11 is 0. The van der Waals surface area contributed by atoms with Crippen LogP contribution in [0.5, 0.6) is 5.75 Å². The molecule has 1 fully saturated rings. The minimum absolute atomic E-state index is 0.129. The Morgan fingerprint density at radius 3 is 2.84 bits per heavy atom. The fourth-order valence-electron chi connectivity index (χ4n) is 3.37. The first kappa shape index (κ1) is 20.9. The molecule has 4 unspecified atom stereocenters. The lowest BCUT2D eigenvalue weighted by Crippen LogP contribution is -2.33. The van der Waals surface area contributed by atoms with Crippen LogP contribution in [0.1, 0.15) is 18.7 Å². The summed E-state index contributed by atoms with van der Waals surface area (Å²) in [5.74, 6) is 0.953. The van der Waals surface area contributed by atoms with Crippen LogP contribution in [0.15, 0.2) is 35.7 Å². The molecule has 0 amide bonds. The Morgan fingerprint density at radius 1 is 1.29 bits per heavy atom. The second kappa shape index (κ2) is 8.81. The number of para-hydroxylation sites is 1. The Hall–Kier alpha value is -3.32. The lowest BCUT2D eigenvalue weighted by molar-refractivity contribution is -0.0501. The number of aromatic nitrogens is 4. The Bertz CT molecular complexity index is 1090. The van der Waals surface area contributed by atoms with Crippen molar-refractivity contribution in [1.29, 1.82) is 0 Å². The van der Waals surface area contributed by atoms with Gasteiger partial charge in [-0.15, -0.1) is 0 Å². The third-order valence-corrected chi connectivity index (χ3v) is 4.86. The normalized spacial score (nSPS) is 23.6. The van der Waals surface area contributed by atoms with Crippen molar-refractivity contribution in [2.75, 3.05) is 24.4 Å². The molecule has 0 radical (unpaired) electrons. The van der Waals surface area contributed by atoms with Crippen molar-refractivity contribution in [3.8, 4) is 5.75 Å². The van der Waals surface area contributed by atoms with Gasteiger partial charge in [-0.3, -0.25) is 4.57 Å². The van der Waals surface area contributed by atoms with Crippen LogP contribution >= 0.6 is 0 Å². The minimum atomic E-state index is -1.34. The predicted molar refractivity (Wildman–Crippen MR) is 112 cm³/mol. The number of imidazole rings is 1. The smallest absolute Gasteiger partial charge is 0.228 e. The van der Waals surface area contributed by atoms with Crippen LogP contribution < -0.4 is 15.9 Å². The number of benzene rings is 1. The summed E-state index contributed by atoms with van der Waals surface area (Å²) in [6, 6.07) is 7.39. The Kier molecular flexibility index (Phi) is 5.95. The van der Waals surface area contributed by atoms with E-state index in [0.717, 1.165) is 5.56 Å². The van der Waals surface area contributed by atoms with Crippen LogP contribution in [0.25, 0.3) is 11.2 Å². The van der Waals surface area contributed by atoms with Gasteiger partial charge in [0.1, 0.15) is 30.4 Å². The molecule has 1 aliphatic rings. The third-order valence-electron chi connectivity index (χ3n) is 4.86. The fraction of sp³-hybridized carbons (Fsp3) is 0.368. The molecule has 4 rings (SSSR count). The summed E-state index contributed by atoms with van der Waals surface area (Å²) in [6.07, 6.45) is -1.87. The monoisotopic (exact) mass is 429 g/mol. The van der Waals surface area contributed by atoms with Crippen molar-refractivity contribution >= 4 is 29.1 Å². The first-order valence-corrected chi connectivity index (χ1v) is 9.66. The molecule has 12 nitrogen and oxygen atoms in total. The molecule has 0 aliphatic carbocycles. The zero-order valence-electron chi connectivity index (χ0n) is 16.7. The third kappa shape index (κ3) is 3.88. The number of hydrazone groups is 1. The largest absolute Gasteiger partial charge is 0.493 e. The van der Waals surface area contributed by atoms with Crippen LogP contribution in [-0.4, -0.2) is 72.6 Å². The summed E-state index contributed by atoms with van der Waals surface area (Å²) in [6.45, 7) is 1.94.